The maximum atomic E-state index is 5.37. The van der Waals surface area contributed by atoms with Gasteiger partial charge in [-0.2, -0.15) is 5.10 Å². The van der Waals surface area contributed by atoms with Crippen molar-refractivity contribution in [1.29, 1.82) is 0 Å². The first-order valence-corrected chi connectivity index (χ1v) is 6.42. The van der Waals surface area contributed by atoms with E-state index in [9.17, 15) is 0 Å². The van der Waals surface area contributed by atoms with Crippen molar-refractivity contribution < 1.29 is 0 Å². The average Bonchev–Trinajstić information content (AvgIpc) is 2.26. The number of thioether (sulfide) groups is 1. The van der Waals surface area contributed by atoms with E-state index >= 15 is 0 Å². The molecular weight excluding hydrogens is 238 g/mol. The Bertz CT molecular complexity index is 455. The molecule has 1 aromatic rings. The monoisotopic (exact) mass is 251 g/mol. The number of aryl methyl sites for hydroxylation is 1. The Morgan fingerprint density at radius 2 is 2.38 bits per heavy atom. The second-order valence-electron chi connectivity index (χ2n) is 3.63. The molecule has 0 amide bonds. The average molecular weight is 251 g/mol. The van der Waals surface area contributed by atoms with Gasteiger partial charge in [0.2, 0.25) is 0 Å². The molecule has 0 spiro atoms. The van der Waals surface area contributed by atoms with Gasteiger partial charge >= 0.3 is 0 Å². The molecule has 0 unspecified atom stereocenters. The van der Waals surface area contributed by atoms with E-state index in [1.165, 1.54) is 16.0 Å². The van der Waals surface area contributed by atoms with Gasteiger partial charge in [-0.25, -0.2) is 0 Å². The normalized spacial score (nSPS) is 16.9. The van der Waals surface area contributed by atoms with Gasteiger partial charge < -0.3 is 5.73 Å². The zero-order valence-corrected chi connectivity index (χ0v) is 10.6. The lowest BCUT2D eigenvalue weighted by Crippen LogP contribution is -2.26. The summed E-state index contributed by atoms with van der Waals surface area (Å²) in [7, 11) is 0. The zero-order valence-electron chi connectivity index (χ0n) is 8.99. The van der Waals surface area contributed by atoms with Crippen LogP contribution in [0.5, 0.6) is 0 Å². The van der Waals surface area contributed by atoms with E-state index in [-0.39, 0.29) is 5.11 Å². The van der Waals surface area contributed by atoms with Crippen LogP contribution in [0, 0.1) is 6.92 Å². The highest BCUT2D eigenvalue weighted by Gasteiger charge is 2.15. The van der Waals surface area contributed by atoms with Gasteiger partial charge in [-0.1, -0.05) is 11.6 Å². The van der Waals surface area contributed by atoms with Crippen molar-refractivity contribution in [3.63, 3.8) is 0 Å². The van der Waals surface area contributed by atoms with Crippen molar-refractivity contribution in [3.05, 3.63) is 29.3 Å². The summed E-state index contributed by atoms with van der Waals surface area (Å²) in [5.41, 5.74) is 11.5. The standard InChI is InChI=1S/C11H13N3S2/c1-7-2-3-10-8(6-7)9(4-5-16-10)13-14-11(12)15/h2-3,6H,4-5H2,1H3,(H3,12,14,15). The first kappa shape index (κ1) is 11.4. The van der Waals surface area contributed by atoms with E-state index in [0.717, 1.165) is 17.9 Å². The highest BCUT2D eigenvalue weighted by atomic mass is 32.2. The second kappa shape index (κ2) is 4.84. The van der Waals surface area contributed by atoms with Gasteiger partial charge in [0.15, 0.2) is 5.11 Å². The number of benzene rings is 1. The van der Waals surface area contributed by atoms with Crippen molar-refractivity contribution in [3.8, 4) is 0 Å². The summed E-state index contributed by atoms with van der Waals surface area (Å²) in [6.45, 7) is 2.08. The Kier molecular flexibility index (Phi) is 3.46. The lowest BCUT2D eigenvalue weighted by atomic mass is 10.1. The van der Waals surface area contributed by atoms with E-state index < -0.39 is 0 Å². The quantitative estimate of drug-likeness (QED) is 0.592. The highest BCUT2D eigenvalue weighted by Crippen LogP contribution is 2.30. The number of fused-ring (bicyclic) bond motifs is 1. The minimum atomic E-state index is 0.208. The molecule has 3 nitrogen and oxygen atoms in total. The van der Waals surface area contributed by atoms with Gasteiger partial charge in [0, 0.05) is 22.6 Å². The molecule has 0 aromatic heterocycles. The fourth-order valence-corrected chi connectivity index (χ4v) is 2.68. The Morgan fingerprint density at radius 1 is 1.56 bits per heavy atom. The molecule has 1 aromatic carbocycles. The molecule has 0 atom stereocenters. The maximum absolute atomic E-state index is 5.37. The van der Waals surface area contributed by atoms with Crippen LogP contribution in [0.3, 0.4) is 0 Å². The molecule has 16 heavy (non-hydrogen) atoms. The van der Waals surface area contributed by atoms with Crippen molar-refractivity contribution in [2.45, 2.75) is 18.2 Å². The number of hydrazone groups is 1. The summed E-state index contributed by atoms with van der Waals surface area (Å²) in [4.78, 5) is 1.28. The molecule has 5 heteroatoms. The molecular formula is C11H13N3S2. The van der Waals surface area contributed by atoms with E-state index in [1.54, 1.807) is 0 Å². The van der Waals surface area contributed by atoms with E-state index in [1.807, 2.05) is 11.8 Å². The molecule has 2 rings (SSSR count). The van der Waals surface area contributed by atoms with Crippen molar-refractivity contribution >= 4 is 34.8 Å². The predicted molar refractivity (Wildman–Crippen MR) is 73.0 cm³/mol. The minimum Gasteiger partial charge on any atom is -0.375 e. The molecule has 1 aliphatic rings. The van der Waals surface area contributed by atoms with Gasteiger partial charge in [-0.05, 0) is 31.3 Å². The minimum absolute atomic E-state index is 0.208. The summed E-state index contributed by atoms with van der Waals surface area (Å²) in [5, 5.41) is 4.46. The molecule has 0 aliphatic carbocycles. The third-order valence-corrected chi connectivity index (χ3v) is 3.51. The lowest BCUT2D eigenvalue weighted by molar-refractivity contribution is 1.01. The van der Waals surface area contributed by atoms with Gasteiger partial charge in [-0.15, -0.1) is 11.8 Å². The fourth-order valence-electron chi connectivity index (χ4n) is 1.63. The summed E-state index contributed by atoms with van der Waals surface area (Å²) in [6, 6.07) is 6.42. The first-order valence-electron chi connectivity index (χ1n) is 5.02. The third kappa shape index (κ3) is 2.54. The van der Waals surface area contributed by atoms with Crippen LogP contribution in [0.15, 0.2) is 28.2 Å². The molecule has 0 saturated carbocycles. The van der Waals surface area contributed by atoms with Crippen molar-refractivity contribution in [1.82, 2.24) is 5.43 Å². The zero-order chi connectivity index (χ0) is 11.5. The van der Waals surface area contributed by atoms with Crippen LogP contribution < -0.4 is 11.2 Å². The largest absolute Gasteiger partial charge is 0.375 e. The summed E-state index contributed by atoms with van der Waals surface area (Å²) in [5.74, 6) is 1.05. The summed E-state index contributed by atoms with van der Waals surface area (Å²) >= 11 is 6.61. The number of thiocarbonyl (C=S) groups is 1. The van der Waals surface area contributed by atoms with E-state index in [2.05, 4.69) is 35.7 Å². The van der Waals surface area contributed by atoms with E-state index in [0.29, 0.717) is 0 Å². The van der Waals surface area contributed by atoms with Gasteiger partial charge in [-0.3, -0.25) is 5.43 Å². The molecule has 0 radical (unpaired) electrons. The van der Waals surface area contributed by atoms with Crippen LogP contribution in [0.1, 0.15) is 17.5 Å². The Hall–Kier alpha value is -1.07. The lowest BCUT2D eigenvalue weighted by Gasteiger charge is -2.17. The molecule has 1 aliphatic heterocycles. The van der Waals surface area contributed by atoms with Gasteiger partial charge in [0.25, 0.3) is 0 Å². The number of nitrogens with one attached hydrogen (secondary N) is 1. The van der Waals surface area contributed by atoms with Gasteiger partial charge in [0.1, 0.15) is 0 Å². The number of nitrogens with zero attached hydrogens (tertiary/aromatic N) is 1. The van der Waals surface area contributed by atoms with Crippen LogP contribution >= 0.6 is 24.0 Å². The molecule has 84 valence electrons. The molecule has 0 bridgehead atoms. The predicted octanol–water partition coefficient (Wildman–Crippen LogP) is 2.03. The second-order valence-corrected chi connectivity index (χ2v) is 5.21. The number of hydrogen-bond acceptors (Lipinski definition) is 3. The molecule has 3 N–H and O–H groups in total. The first-order chi connectivity index (χ1) is 7.66. The Balaban J connectivity index is 2.35. The van der Waals surface area contributed by atoms with Crippen LogP contribution in [0.25, 0.3) is 0 Å². The molecule has 1 heterocycles. The summed E-state index contributed by atoms with van der Waals surface area (Å²) in [6.07, 6.45) is 0.941. The highest BCUT2D eigenvalue weighted by molar-refractivity contribution is 7.99. The number of rotatable bonds is 1. The SMILES string of the molecule is Cc1ccc2c(c1)C(=NNC(N)=S)CCS2. The summed E-state index contributed by atoms with van der Waals surface area (Å²) < 4.78 is 0. The van der Waals surface area contributed by atoms with Crippen LogP contribution in [-0.2, 0) is 0 Å². The molecule has 0 fully saturated rings. The smallest absolute Gasteiger partial charge is 0.184 e. The van der Waals surface area contributed by atoms with Crippen molar-refractivity contribution in [2.24, 2.45) is 10.8 Å². The third-order valence-electron chi connectivity index (χ3n) is 2.34. The van der Waals surface area contributed by atoms with E-state index in [4.69, 9.17) is 18.0 Å². The van der Waals surface area contributed by atoms with Gasteiger partial charge in [0.05, 0.1) is 5.71 Å². The topological polar surface area (TPSA) is 50.4 Å². The Morgan fingerprint density at radius 3 is 3.12 bits per heavy atom. The maximum Gasteiger partial charge on any atom is 0.184 e. The van der Waals surface area contributed by atoms with Crippen LogP contribution in [0.4, 0.5) is 0 Å². The number of nitrogens with two attached hydrogens (primary N) is 1. The fraction of sp³-hybridized carbons (Fsp3) is 0.273. The van der Waals surface area contributed by atoms with Crippen LogP contribution in [0.2, 0.25) is 0 Å². The van der Waals surface area contributed by atoms with Crippen molar-refractivity contribution in [2.75, 3.05) is 5.75 Å². The van der Waals surface area contributed by atoms with Crippen LogP contribution in [-0.4, -0.2) is 16.6 Å². The number of hydrogen-bond donors (Lipinski definition) is 2. The molecule has 0 saturated heterocycles. The Labute approximate surface area is 104 Å².